The predicted molar refractivity (Wildman–Crippen MR) is 128 cm³/mol. The number of hydrogen-bond donors (Lipinski definition) is 0. The van der Waals surface area contributed by atoms with E-state index in [2.05, 4.69) is 13.5 Å². The molecule has 2 aromatic carbocycles. The first-order valence-corrected chi connectivity index (χ1v) is 11.3. The number of benzene rings is 2. The molecule has 0 saturated heterocycles. The third-order valence-corrected chi connectivity index (χ3v) is 5.17. The molecule has 1 unspecified atom stereocenters. The summed E-state index contributed by atoms with van der Waals surface area (Å²) < 4.78 is 21.4. The van der Waals surface area contributed by atoms with Crippen LogP contribution in [0.15, 0.2) is 55.1 Å². The first-order chi connectivity index (χ1) is 16.4. The van der Waals surface area contributed by atoms with Crippen molar-refractivity contribution in [1.29, 1.82) is 0 Å². The van der Waals surface area contributed by atoms with Crippen molar-refractivity contribution in [3.63, 3.8) is 0 Å². The van der Waals surface area contributed by atoms with Crippen molar-refractivity contribution in [3.8, 4) is 17.2 Å². The molecule has 34 heavy (non-hydrogen) atoms. The molecule has 2 aromatic rings. The van der Waals surface area contributed by atoms with Gasteiger partial charge in [0.2, 0.25) is 5.78 Å². The average molecular weight is 469 g/mol. The monoisotopic (exact) mass is 468 g/mol. The van der Waals surface area contributed by atoms with Crippen molar-refractivity contribution in [2.24, 2.45) is 0 Å². The van der Waals surface area contributed by atoms with Crippen LogP contribution in [0.3, 0.4) is 0 Å². The van der Waals surface area contributed by atoms with Gasteiger partial charge in [0.05, 0.1) is 14.2 Å². The lowest BCUT2D eigenvalue weighted by Crippen LogP contribution is -2.20. The Labute approximate surface area is 200 Å². The number of Topliss-reactive ketones (excluding diaryl/α,β-unsaturated/α-hetero) is 1. The van der Waals surface area contributed by atoms with Crippen molar-refractivity contribution in [1.82, 2.24) is 0 Å². The maximum Gasteiger partial charge on any atom is 0.335 e. The largest absolute Gasteiger partial charge is 0.497 e. The van der Waals surface area contributed by atoms with Gasteiger partial charge in [0.25, 0.3) is 0 Å². The standard InChI is InChI=1S/C27H32O7/c1-5-7-8-9-10-11-25(29)34-27(20-16-22(31-3)18-23(17-20)32-4)26(30)19-12-14-21(15-13-19)33-24(28)6-2/h6,12-18,27H,2,5,7-11H2,1,3-4H3. The Kier molecular flexibility index (Phi) is 10.8. The maximum atomic E-state index is 13.4. The van der Waals surface area contributed by atoms with E-state index in [1.54, 1.807) is 18.2 Å². The highest BCUT2D eigenvalue weighted by atomic mass is 16.5. The summed E-state index contributed by atoms with van der Waals surface area (Å²) in [7, 11) is 3.00. The summed E-state index contributed by atoms with van der Waals surface area (Å²) in [5.74, 6) is -0.272. The van der Waals surface area contributed by atoms with Gasteiger partial charge in [-0.05, 0) is 42.8 Å². The number of esters is 2. The molecular weight excluding hydrogens is 436 g/mol. The fourth-order valence-corrected chi connectivity index (χ4v) is 3.31. The number of ketones is 1. The molecule has 0 aliphatic heterocycles. The van der Waals surface area contributed by atoms with Crippen LogP contribution in [-0.4, -0.2) is 31.9 Å². The van der Waals surface area contributed by atoms with Crippen LogP contribution in [0.5, 0.6) is 17.2 Å². The molecule has 1 atom stereocenters. The molecule has 0 aliphatic rings. The lowest BCUT2D eigenvalue weighted by Gasteiger charge is -2.19. The van der Waals surface area contributed by atoms with Gasteiger partial charge < -0.3 is 18.9 Å². The number of methoxy groups -OCH3 is 2. The fourth-order valence-electron chi connectivity index (χ4n) is 3.31. The minimum Gasteiger partial charge on any atom is -0.497 e. The summed E-state index contributed by atoms with van der Waals surface area (Å²) in [6, 6.07) is 11.0. The van der Waals surface area contributed by atoms with Crippen molar-refractivity contribution >= 4 is 17.7 Å². The molecule has 0 fully saturated rings. The fraction of sp³-hybridized carbons (Fsp3) is 0.370. The molecule has 0 saturated carbocycles. The van der Waals surface area contributed by atoms with Crippen LogP contribution in [0.2, 0.25) is 0 Å². The van der Waals surface area contributed by atoms with Crippen molar-refractivity contribution in [3.05, 3.63) is 66.2 Å². The van der Waals surface area contributed by atoms with Crippen molar-refractivity contribution in [2.75, 3.05) is 14.2 Å². The van der Waals surface area contributed by atoms with E-state index in [0.717, 1.165) is 31.8 Å². The third kappa shape index (κ3) is 8.06. The first kappa shape index (κ1) is 26.6. The van der Waals surface area contributed by atoms with E-state index in [-0.39, 0.29) is 12.2 Å². The third-order valence-electron chi connectivity index (χ3n) is 5.17. The molecule has 182 valence electrons. The summed E-state index contributed by atoms with van der Waals surface area (Å²) in [6.45, 7) is 5.48. The molecule has 0 amide bonds. The van der Waals surface area contributed by atoms with Crippen LogP contribution in [0.25, 0.3) is 0 Å². The second kappa shape index (κ2) is 13.8. The average Bonchev–Trinajstić information content (AvgIpc) is 2.86. The second-order valence-electron chi connectivity index (χ2n) is 7.69. The number of rotatable bonds is 14. The van der Waals surface area contributed by atoms with E-state index >= 15 is 0 Å². The minimum atomic E-state index is -1.19. The zero-order valence-electron chi connectivity index (χ0n) is 20.0. The van der Waals surface area contributed by atoms with Crippen LogP contribution in [0.4, 0.5) is 0 Å². The van der Waals surface area contributed by atoms with Gasteiger partial charge in [0.15, 0.2) is 6.10 Å². The first-order valence-electron chi connectivity index (χ1n) is 11.3. The molecule has 0 aliphatic carbocycles. The normalized spacial score (nSPS) is 11.3. The number of hydrogen-bond acceptors (Lipinski definition) is 7. The Balaban J connectivity index is 2.27. The Morgan fingerprint density at radius 1 is 0.882 bits per heavy atom. The molecule has 0 bridgehead atoms. The van der Waals surface area contributed by atoms with E-state index < -0.39 is 23.8 Å². The lowest BCUT2D eigenvalue weighted by molar-refractivity contribution is -0.147. The summed E-state index contributed by atoms with van der Waals surface area (Å²) in [5.41, 5.74) is 0.726. The topological polar surface area (TPSA) is 88.1 Å². The van der Waals surface area contributed by atoms with Gasteiger partial charge >= 0.3 is 11.9 Å². The second-order valence-corrected chi connectivity index (χ2v) is 7.69. The Morgan fingerprint density at radius 3 is 2.06 bits per heavy atom. The molecule has 7 nitrogen and oxygen atoms in total. The minimum absolute atomic E-state index is 0.227. The number of unbranched alkanes of at least 4 members (excludes halogenated alkanes) is 4. The highest BCUT2D eigenvalue weighted by molar-refractivity contribution is 6.01. The van der Waals surface area contributed by atoms with Gasteiger partial charge in [-0.2, -0.15) is 0 Å². The number of ether oxygens (including phenoxy) is 4. The number of carbonyl (C=O) groups is 3. The highest BCUT2D eigenvalue weighted by Crippen LogP contribution is 2.31. The SMILES string of the molecule is C=CC(=O)Oc1ccc(C(=O)C(OC(=O)CCCCCCC)c2cc(OC)cc(OC)c2)cc1. The molecule has 0 N–H and O–H groups in total. The van der Waals surface area contributed by atoms with E-state index in [1.807, 2.05) is 0 Å². The molecule has 0 heterocycles. The van der Waals surface area contributed by atoms with Crippen LogP contribution < -0.4 is 14.2 Å². The Morgan fingerprint density at radius 2 is 1.50 bits per heavy atom. The molecule has 0 radical (unpaired) electrons. The molecule has 7 heteroatoms. The molecule has 0 spiro atoms. The summed E-state index contributed by atoms with van der Waals surface area (Å²) >= 11 is 0. The maximum absolute atomic E-state index is 13.4. The van der Waals surface area contributed by atoms with Gasteiger partial charge in [0.1, 0.15) is 17.2 Å². The summed E-state index contributed by atoms with van der Waals surface area (Å²) in [6.07, 6.45) is 5.01. The molecular formula is C27H32O7. The van der Waals surface area contributed by atoms with Gasteiger partial charge in [-0.3, -0.25) is 9.59 Å². The van der Waals surface area contributed by atoms with E-state index in [9.17, 15) is 14.4 Å². The van der Waals surface area contributed by atoms with Crippen molar-refractivity contribution in [2.45, 2.75) is 51.6 Å². The zero-order chi connectivity index (χ0) is 24.9. The van der Waals surface area contributed by atoms with Gasteiger partial charge in [-0.15, -0.1) is 0 Å². The summed E-state index contributed by atoms with van der Waals surface area (Å²) in [4.78, 5) is 37.4. The van der Waals surface area contributed by atoms with Crippen LogP contribution in [-0.2, 0) is 14.3 Å². The van der Waals surface area contributed by atoms with E-state index in [1.165, 1.54) is 38.5 Å². The van der Waals surface area contributed by atoms with Gasteiger partial charge in [-0.1, -0.05) is 39.2 Å². The Bertz CT molecular complexity index is 957. The van der Waals surface area contributed by atoms with E-state index in [4.69, 9.17) is 18.9 Å². The lowest BCUT2D eigenvalue weighted by atomic mass is 9.99. The van der Waals surface area contributed by atoms with Crippen LogP contribution >= 0.6 is 0 Å². The quantitative estimate of drug-likeness (QED) is 0.117. The van der Waals surface area contributed by atoms with Crippen LogP contribution in [0, 0.1) is 0 Å². The van der Waals surface area contributed by atoms with Gasteiger partial charge in [0, 0.05) is 29.7 Å². The highest BCUT2D eigenvalue weighted by Gasteiger charge is 2.27. The van der Waals surface area contributed by atoms with Crippen molar-refractivity contribution < 1.29 is 33.3 Å². The predicted octanol–water partition coefficient (Wildman–Crippen LogP) is 5.62. The molecule has 2 rings (SSSR count). The Hall–Kier alpha value is -3.61. The van der Waals surface area contributed by atoms with Crippen LogP contribution in [0.1, 0.15) is 67.5 Å². The summed E-state index contributed by atoms with van der Waals surface area (Å²) in [5, 5.41) is 0. The van der Waals surface area contributed by atoms with Gasteiger partial charge in [-0.25, -0.2) is 4.79 Å². The smallest absolute Gasteiger partial charge is 0.335 e. The molecule has 0 aromatic heterocycles. The zero-order valence-corrected chi connectivity index (χ0v) is 20.0. The number of carbonyl (C=O) groups excluding carboxylic acids is 3. The van der Waals surface area contributed by atoms with E-state index in [0.29, 0.717) is 29.0 Å².